The van der Waals surface area contributed by atoms with Gasteiger partial charge in [0, 0.05) is 12.6 Å². The summed E-state index contributed by atoms with van der Waals surface area (Å²) in [5.74, 6) is -0.0560. The quantitative estimate of drug-likeness (QED) is 0.637. The second-order valence-corrected chi connectivity index (χ2v) is 3.90. The molecule has 0 atom stereocenters. The Labute approximate surface area is 111 Å². The van der Waals surface area contributed by atoms with Crippen LogP contribution in [0.4, 0.5) is 5.69 Å². The number of ether oxygens (including phenoxy) is 1. The molecule has 1 N–H and O–H groups in total. The number of anilines is 1. The predicted octanol–water partition coefficient (Wildman–Crippen LogP) is 1.23. The monoisotopic (exact) mass is 258 g/mol. The number of rotatable bonds is 5. The Morgan fingerprint density at radius 3 is 2.58 bits per heavy atom. The first-order valence-electron chi connectivity index (χ1n) is 5.76. The maximum absolute atomic E-state index is 12.1. The number of methoxy groups -OCH3 is 1. The van der Waals surface area contributed by atoms with Gasteiger partial charge in [0.1, 0.15) is 11.4 Å². The van der Waals surface area contributed by atoms with E-state index in [0.29, 0.717) is 18.0 Å². The molecule has 5 nitrogen and oxygen atoms in total. The molecule has 1 aliphatic heterocycles. The van der Waals surface area contributed by atoms with Crippen LogP contribution in [0.2, 0.25) is 0 Å². The molecule has 0 saturated heterocycles. The minimum absolute atomic E-state index is 0.278. The normalized spacial score (nSPS) is 14.4. The molecule has 2 amide bonds. The fourth-order valence-electron chi connectivity index (χ4n) is 1.75. The van der Waals surface area contributed by atoms with Crippen molar-refractivity contribution in [2.75, 3.05) is 18.6 Å². The van der Waals surface area contributed by atoms with Gasteiger partial charge >= 0.3 is 0 Å². The molecule has 1 aliphatic rings. The molecular weight excluding hydrogens is 244 g/mol. The van der Waals surface area contributed by atoms with Gasteiger partial charge in [-0.05, 0) is 24.3 Å². The van der Waals surface area contributed by atoms with Crippen LogP contribution in [0, 0.1) is 0 Å². The number of carbonyl (C=O) groups excluding carboxylic acids is 2. The number of amides is 2. The van der Waals surface area contributed by atoms with Crippen molar-refractivity contribution in [2.45, 2.75) is 0 Å². The molecule has 0 bridgehead atoms. The predicted molar refractivity (Wildman–Crippen MR) is 71.8 cm³/mol. The van der Waals surface area contributed by atoms with Crippen LogP contribution in [0.1, 0.15) is 0 Å². The maximum Gasteiger partial charge on any atom is 0.281 e. The van der Waals surface area contributed by atoms with E-state index in [0.717, 1.165) is 4.90 Å². The Kier molecular flexibility index (Phi) is 3.66. The summed E-state index contributed by atoms with van der Waals surface area (Å²) in [5, 5.41) is 2.84. The summed E-state index contributed by atoms with van der Waals surface area (Å²) in [5.41, 5.74) is 0.795. The average Bonchev–Trinajstić information content (AvgIpc) is 2.71. The molecule has 1 heterocycles. The van der Waals surface area contributed by atoms with Gasteiger partial charge in [0.15, 0.2) is 0 Å². The largest absolute Gasteiger partial charge is 0.497 e. The fraction of sp³-hybridized carbons (Fsp3) is 0.143. The van der Waals surface area contributed by atoms with Crippen LogP contribution in [-0.2, 0) is 9.59 Å². The van der Waals surface area contributed by atoms with Gasteiger partial charge in [-0.15, -0.1) is 6.58 Å². The lowest BCUT2D eigenvalue weighted by Crippen LogP contribution is -2.33. The van der Waals surface area contributed by atoms with Crippen LogP contribution in [0.3, 0.4) is 0 Å². The highest BCUT2D eigenvalue weighted by atomic mass is 16.5. The third kappa shape index (κ3) is 2.49. The van der Waals surface area contributed by atoms with Crippen LogP contribution in [0.25, 0.3) is 0 Å². The van der Waals surface area contributed by atoms with Crippen molar-refractivity contribution in [3.63, 3.8) is 0 Å². The fourth-order valence-corrected chi connectivity index (χ4v) is 1.75. The molecule has 0 aliphatic carbocycles. The number of hydrogen-bond acceptors (Lipinski definition) is 4. The van der Waals surface area contributed by atoms with Gasteiger partial charge in [-0.25, -0.2) is 4.90 Å². The number of nitrogens with one attached hydrogen (secondary N) is 1. The molecule has 0 radical (unpaired) electrons. The number of imide groups is 1. The van der Waals surface area contributed by atoms with E-state index in [9.17, 15) is 9.59 Å². The summed E-state index contributed by atoms with van der Waals surface area (Å²) in [6.45, 7) is 3.98. The van der Waals surface area contributed by atoms with Crippen molar-refractivity contribution in [1.82, 2.24) is 5.32 Å². The molecule has 2 rings (SSSR count). The van der Waals surface area contributed by atoms with E-state index in [4.69, 9.17) is 4.74 Å². The SMILES string of the molecule is C=CCNC1=CC(=O)N(c2ccc(OC)cc2)C1=O. The van der Waals surface area contributed by atoms with Crippen molar-refractivity contribution in [2.24, 2.45) is 0 Å². The van der Waals surface area contributed by atoms with E-state index in [1.54, 1.807) is 37.5 Å². The van der Waals surface area contributed by atoms with E-state index in [-0.39, 0.29) is 17.5 Å². The molecule has 0 aromatic heterocycles. The first kappa shape index (κ1) is 12.9. The zero-order valence-electron chi connectivity index (χ0n) is 10.6. The third-order valence-electron chi connectivity index (χ3n) is 2.69. The molecule has 0 spiro atoms. The average molecular weight is 258 g/mol. The lowest BCUT2D eigenvalue weighted by atomic mass is 10.2. The second kappa shape index (κ2) is 5.39. The minimum Gasteiger partial charge on any atom is -0.497 e. The highest BCUT2D eigenvalue weighted by Crippen LogP contribution is 2.23. The van der Waals surface area contributed by atoms with Gasteiger partial charge in [-0.3, -0.25) is 9.59 Å². The molecule has 1 aromatic carbocycles. The van der Waals surface area contributed by atoms with Crippen molar-refractivity contribution in [1.29, 1.82) is 0 Å². The van der Waals surface area contributed by atoms with Crippen molar-refractivity contribution >= 4 is 17.5 Å². The Morgan fingerprint density at radius 2 is 2.00 bits per heavy atom. The second-order valence-electron chi connectivity index (χ2n) is 3.90. The standard InChI is InChI=1S/C14H14N2O3/c1-3-8-15-12-9-13(17)16(14(12)18)10-4-6-11(19-2)7-5-10/h3-7,9,15H,1,8H2,2H3. The van der Waals surface area contributed by atoms with Crippen molar-refractivity contribution in [3.8, 4) is 5.75 Å². The smallest absolute Gasteiger partial charge is 0.281 e. The molecule has 0 saturated carbocycles. The zero-order valence-corrected chi connectivity index (χ0v) is 10.6. The van der Waals surface area contributed by atoms with Crippen LogP contribution in [0.5, 0.6) is 5.75 Å². The summed E-state index contributed by atoms with van der Waals surface area (Å²) >= 11 is 0. The minimum atomic E-state index is -0.364. The highest BCUT2D eigenvalue weighted by Gasteiger charge is 2.31. The van der Waals surface area contributed by atoms with Gasteiger partial charge in [0.2, 0.25) is 0 Å². The Morgan fingerprint density at radius 1 is 1.32 bits per heavy atom. The van der Waals surface area contributed by atoms with E-state index in [1.807, 2.05) is 0 Å². The lowest BCUT2D eigenvalue weighted by molar-refractivity contribution is -0.120. The highest BCUT2D eigenvalue weighted by molar-refractivity contribution is 6.30. The van der Waals surface area contributed by atoms with Gasteiger partial charge in [-0.2, -0.15) is 0 Å². The lowest BCUT2D eigenvalue weighted by Gasteiger charge is -2.15. The Hall–Kier alpha value is -2.56. The van der Waals surface area contributed by atoms with E-state index in [1.165, 1.54) is 6.08 Å². The molecule has 0 unspecified atom stereocenters. The first-order valence-corrected chi connectivity index (χ1v) is 5.76. The summed E-state index contributed by atoms with van der Waals surface area (Å²) in [6.07, 6.45) is 2.91. The Balaban J connectivity index is 2.20. The number of hydrogen-bond donors (Lipinski definition) is 1. The molecule has 19 heavy (non-hydrogen) atoms. The van der Waals surface area contributed by atoms with Crippen LogP contribution < -0.4 is 15.0 Å². The van der Waals surface area contributed by atoms with Crippen LogP contribution in [0.15, 0.2) is 48.7 Å². The topological polar surface area (TPSA) is 58.6 Å². The van der Waals surface area contributed by atoms with Gasteiger partial charge < -0.3 is 10.1 Å². The summed E-state index contributed by atoms with van der Waals surface area (Å²) < 4.78 is 5.03. The van der Waals surface area contributed by atoms with Gasteiger partial charge in [0.05, 0.1) is 12.8 Å². The number of carbonyl (C=O) groups is 2. The maximum atomic E-state index is 12.1. The van der Waals surface area contributed by atoms with Crippen molar-refractivity contribution < 1.29 is 14.3 Å². The van der Waals surface area contributed by atoms with Crippen LogP contribution >= 0.6 is 0 Å². The molecule has 1 aromatic rings. The summed E-state index contributed by atoms with van der Waals surface area (Å²) in [4.78, 5) is 25.0. The van der Waals surface area contributed by atoms with Gasteiger partial charge in [0.25, 0.3) is 11.8 Å². The molecule has 98 valence electrons. The van der Waals surface area contributed by atoms with E-state index < -0.39 is 0 Å². The number of benzene rings is 1. The van der Waals surface area contributed by atoms with Crippen LogP contribution in [-0.4, -0.2) is 25.5 Å². The van der Waals surface area contributed by atoms with Crippen molar-refractivity contribution in [3.05, 3.63) is 48.7 Å². The molecule has 0 fully saturated rings. The first-order chi connectivity index (χ1) is 9.17. The van der Waals surface area contributed by atoms with E-state index >= 15 is 0 Å². The third-order valence-corrected chi connectivity index (χ3v) is 2.69. The van der Waals surface area contributed by atoms with E-state index in [2.05, 4.69) is 11.9 Å². The molecule has 5 heteroatoms. The Bertz CT molecular complexity index is 546. The summed E-state index contributed by atoms with van der Waals surface area (Å²) in [6, 6.07) is 6.73. The summed E-state index contributed by atoms with van der Waals surface area (Å²) in [7, 11) is 1.56. The number of nitrogens with zero attached hydrogens (tertiary/aromatic N) is 1. The molecular formula is C14H14N2O3. The van der Waals surface area contributed by atoms with Gasteiger partial charge in [-0.1, -0.05) is 6.08 Å². The zero-order chi connectivity index (χ0) is 13.8.